The summed E-state index contributed by atoms with van der Waals surface area (Å²) in [7, 11) is 1.59. The summed E-state index contributed by atoms with van der Waals surface area (Å²) in [5, 5.41) is 3.51. The normalized spacial score (nSPS) is 15.0. The van der Waals surface area contributed by atoms with Gasteiger partial charge in [-0.15, -0.1) is 11.3 Å². The van der Waals surface area contributed by atoms with Gasteiger partial charge in [0.1, 0.15) is 11.4 Å². The number of hydrogen-bond acceptors (Lipinski definition) is 5. The molecule has 0 fully saturated rings. The molecular formula is C15H19N3O3S. The zero-order valence-electron chi connectivity index (χ0n) is 12.7. The molecule has 2 heterocycles. The molecule has 7 heteroatoms. The second kappa shape index (κ2) is 6.18. The average Bonchev–Trinajstić information content (AvgIpc) is 3.02. The predicted octanol–water partition coefficient (Wildman–Crippen LogP) is 1.10. The lowest BCUT2D eigenvalue weighted by molar-refractivity contribution is -0.122. The van der Waals surface area contributed by atoms with Crippen LogP contribution in [0.5, 0.6) is 0 Å². The molecule has 0 saturated heterocycles. The number of carbonyl (C=O) groups excluding carboxylic acids is 1. The topological polar surface area (TPSA) is 73.2 Å². The maximum Gasteiger partial charge on any atom is 0.262 e. The van der Waals surface area contributed by atoms with Gasteiger partial charge in [0, 0.05) is 18.0 Å². The first-order valence-corrected chi connectivity index (χ1v) is 8.19. The molecule has 1 amide bonds. The van der Waals surface area contributed by atoms with Gasteiger partial charge < -0.3 is 10.1 Å². The van der Waals surface area contributed by atoms with Crippen LogP contribution in [0.3, 0.4) is 0 Å². The van der Waals surface area contributed by atoms with Gasteiger partial charge in [0.15, 0.2) is 0 Å². The minimum Gasteiger partial charge on any atom is -0.383 e. The van der Waals surface area contributed by atoms with Crippen molar-refractivity contribution < 1.29 is 9.53 Å². The molecule has 1 aliphatic rings. The van der Waals surface area contributed by atoms with Crippen LogP contribution in [0.1, 0.15) is 23.8 Å². The van der Waals surface area contributed by atoms with E-state index in [4.69, 9.17) is 4.74 Å². The molecule has 0 aromatic carbocycles. The van der Waals surface area contributed by atoms with Gasteiger partial charge in [0.2, 0.25) is 5.91 Å². The quantitative estimate of drug-likeness (QED) is 0.895. The van der Waals surface area contributed by atoms with Crippen LogP contribution in [0, 0.1) is 0 Å². The summed E-state index contributed by atoms with van der Waals surface area (Å²) in [5.41, 5.74) is 1.03. The van der Waals surface area contributed by atoms with Gasteiger partial charge in [-0.05, 0) is 31.7 Å². The third-order valence-corrected chi connectivity index (χ3v) is 5.03. The monoisotopic (exact) mass is 321 g/mol. The fraction of sp³-hybridized carbons (Fsp3) is 0.533. The number of methoxy groups -OCH3 is 1. The van der Waals surface area contributed by atoms with E-state index >= 15 is 0 Å². The van der Waals surface area contributed by atoms with Gasteiger partial charge in [0.25, 0.3) is 5.56 Å². The highest BCUT2D eigenvalue weighted by atomic mass is 32.1. The van der Waals surface area contributed by atoms with Crippen molar-refractivity contribution in [3.05, 3.63) is 27.1 Å². The van der Waals surface area contributed by atoms with Crippen LogP contribution < -0.4 is 10.9 Å². The molecule has 1 unspecified atom stereocenters. The summed E-state index contributed by atoms with van der Waals surface area (Å²) in [4.78, 5) is 31.0. The van der Waals surface area contributed by atoms with Crippen molar-refractivity contribution in [3.8, 4) is 0 Å². The number of rotatable bonds is 5. The van der Waals surface area contributed by atoms with Crippen LogP contribution in [-0.4, -0.2) is 35.2 Å². The number of nitrogens with one attached hydrogen (secondary N) is 1. The van der Waals surface area contributed by atoms with Crippen molar-refractivity contribution in [1.29, 1.82) is 0 Å². The smallest absolute Gasteiger partial charge is 0.262 e. The highest BCUT2D eigenvalue weighted by Crippen LogP contribution is 2.34. The van der Waals surface area contributed by atoms with Crippen molar-refractivity contribution in [2.24, 2.45) is 0 Å². The molecule has 0 bridgehead atoms. The van der Waals surface area contributed by atoms with Crippen LogP contribution >= 0.6 is 11.3 Å². The summed E-state index contributed by atoms with van der Waals surface area (Å²) in [6.45, 7) is 2.29. The third-order valence-electron chi connectivity index (χ3n) is 3.83. The molecule has 0 saturated carbocycles. The molecule has 0 radical (unpaired) electrons. The number of aromatic nitrogens is 2. The van der Waals surface area contributed by atoms with Crippen LogP contribution in [-0.2, 0) is 28.9 Å². The number of hydrogen-bond donors (Lipinski definition) is 1. The zero-order valence-corrected chi connectivity index (χ0v) is 13.5. The number of fused-ring (bicyclic) bond motifs is 3. The zero-order chi connectivity index (χ0) is 15.7. The molecule has 22 heavy (non-hydrogen) atoms. The minimum absolute atomic E-state index is 0.0134. The molecule has 3 rings (SSSR count). The number of amides is 1. The van der Waals surface area contributed by atoms with E-state index in [1.165, 1.54) is 15.8 Å². The number of nitrogens with zero attached hydrogens (tertiary/aromatic N) is 2. The van der Waals surface area contributed by atoms with Gasteiger partial charge in [-0.3, -0.25) is 14.2 Å². The fourth-order valence-electron chi connectivity index (χ4n) is 2.90. The van der Waals surface area contributed by atoms with Gasteiger partial charge in [0.05, 0.1) is 18.3 Å². The Morgan fingerprint density at radius 2 is 2.36 bits per heavy atom. The van der Waals surface area contributed by atoms with Crippen molar-refractivity contribution in [2.75, 3.05) is 13.7 Å². The summed E-state index contributed by atoms with van der Waals surface area (Å²) < 4.78 is 6.37. The molecular weight excluding hydrogens is 302 g/mol. The van der Waals surface area contributed by atoms with Crippen LogP contribution in [0.15, 0.2) is 11.1 Å². The van der Waals surface area contributed by atoms with Crippen molar-refractivity contribution in [1.82, 2.24) is 14.9 Å². The highest BCUT2D eigenvalue weighted by molar-refractivity contribution is 7.18. The summed E-state index contributed by atoms with van der Waals surface area (Å²) in [6.07, 6.45) is 4.54. The molecule has 2 aromatic heterocycles. The number of thiophene rings is 1. The Hall–Kier alpha value is -1.73. The SMILES string of the molecule is COCC(C)NC(=O)Cn1cnc2sc3c(c2c1=O)CCC3. The second-order valence-corrected chi connectivity index (χ2v) is 6.72. The van der Waals surface area contributed by atoms with E-state index < -0.39 is 0 Å². The van der Waals surface area contributed by atoms with Crippen LogP contribution in [0.4, 0.5) is 0 Å². The Kier molecular flexibility index (Phi) is 4.26. The highest BCUT2D eigenvalue weighted by Gasteiger charge is 2.21. The molecule has 1 N–H and O–H groups in total. The number of ether oxygens (including phenoxy) is 1. The van der Waals surface area contributed by atoms with Crippen molar-refractivity contribution >= 4 is 27.5 Å². The molecule has 6 nitrogen and oxygen atoms in total. The number of carbonyl (C=O) groups is 1. The van der Waals surface area contributed by atoms with Crippen molar-refractivity contribution in [2.45, 2.75) is 38.8 Å². The van der Waals surface area contributed by atoms with E-state index in [2.05, 4.69) is 10.3 Å². The van der Waals surface area contributed by atoms with Gasteiger partial charge in [-0.1, -0.05) is 0 Å². The molecule has 2 aromatic rings. The maximum atomic E-state index is 12.6. The van der Waals surface area contributed by atoms with E-state index in [1.807, 2.05) is 6.92 Å². The van der Waals surface area contributed by atoms with Gasteiger partial charge in [-0.2, -0.15) is 0 Å². The first kappa shape index (κ1) is 15.2. The summed E-state index contributed by atoms with van der Waals surface area (Å²) in [6, 6.07) is -0.0877. The predicted molar refractivity (Wildman–Crippen MR) is 85.4 cm³/mol. The maximum absolute atomic E-state index is 12.6. The molecule has 118 valence electrons. The largest absolute Gasteiger partial charge is 0.383 e. The average molecular weight is 321 g/mol. The standard InChI is InChI=1S/C15H19N3O3S/c1-9(7-21-2)17-12(19)6-18-8-16-14-13(15(18)20)10-4-3-5-11(10)22-14/h8-9H,3-7H2,1-2H3,(H,17,19). The third kappa shape index (κ3) is 2.78. The Labute approximate surface area is 132 Å². The summed E-state index contributed by atoms with van der Waals surface area (Å²) in [5.74, 6) is -0.209. The molecule has 0 aliphatic heterocycles. The minimum atomic E-state index is -0.209. The van der Waals surface area contributed by atoms with E-state index in [0.717, 1.165) is 29.7 Å². The summed E-state index contributed by atoms with van der Waals surface area (Å²) >= 11 is 1.60. The molecule has 0 spiro atoms. The second-order valence-electron chi connectivity index (χ2n) is 5.64. The first-order chi connectivity index (χ1) is 10.6. The Balaban J connectivity index is 1.84. The molecule has 1 atom stereocenters. The first-order valence-electron chi connectivity index (χ1n) is 7.38. The molecule has 1 aliphatic carbocycles. The lowest BCUT2D eigenvalue weighted by Gasteiger charge is -2.13. The van der Waals surface area contributed by atoms with Crippen LogP contribution in [0.25, 0.3) is 10.2 Å². The fourth-order valence-corrected chi connectivity index (χ4v) is 4.12. The Morgan fingerprint density at radius 3 is 3.14 bits per heavy atom. The van der Waals surface area contributed by atoms with Crippen molar-refractivity contribution in [3.63, 3.8) is 0 Å². The van der Waals surface area contributed by atoms with E-state index in [-0.39, 0.29) is 24.1 Å². The van der Waals surface area contributed by atoms with Gasteiger partial charge >= 0.3 is 0 Å². The number of aryl methyl sites for hydroxylation is 2. The van der Waals surface area contributed by atoms with Crippen LogP contribution in [0.2, 0.25) is 0 Å². The lowest BCUT2D eigenvalue weighted by atomic mass is 10.2. The van der Waals surface area contributed by atoms with E-state index in [1.54, 1.807) is 18.4 Å². The Bertz CT molecular complexity index is 765. The van der Waals surface area contributed by atoms with E-state index in [9.17, 15) is 9.59 Å². The van der Waals surface area contributed by atoms with Gasteiger partial charge in [-0.25, -0.2) is 4.98 Å². The Morgan fingerprint density at radius 1 is 1.55 bits per heavy atom. The van der Waals surface area contributed by atoms with E-state index in [0.29, 0.717) is 12.0 Å². The lowest BCUT2D eigenvalue weighted by Crippen LogP contribution is -2.39.